The van der Waals surface area contributed by atoms with E-state index in [1.54, 1.807) is 0 Å². The molecule has 0 saturated carbocycles. The smallest absolute Gasteiger partial charge is 0.311 e. The van der Waals surface area contributed by atoms with Gasteiger partial charge >= 0.3 is 5.97 Å². The summed E-state index contributed by atoms with van der Waals surface area (Å²) in [4.78, 5) is 29.2. The molecular formula is C27H34FN3O5. The maximum atomic E-state index is 13.1. The van der Waals surface area contributed by atoms with E-state index in [4.69, 9.17) is 14.2 Å². The fourth-order valence-electron chi connectivity index (χ4n) is 4.20. The van der Waals surface area contributed by atoms with E-state index in [0.29, 0.717) is 43.2 Å². The van der Waals surface area contributed by atoms with E-state index in [1.165, 1.54) is 24.3 Å². The number of ether oxygens (including phenoxy) is 3. The first-order valence-corrected chi connectivity index (χ1v) is 12.3. The summed E-state index contributed by atoms with van der Waals surface area (Å²) in [6.45, 7) is 9.83. The van der Waals surface area contributed by atoms with Crippen LogP contribution in [0, 0.1) is 11.2 Å². The minimum atomic E-state index is -0.918. The SMILES string of the molecule is CC(C)(C)C(=O)OCC1(N2CCN(CCNC(=O)c3ccc(F)cc3)CC2)COc2ccccc2O1. The molecule has 4 rings (SSSR count). The second kappa shape index (κ2) is 10.8. The topological polar surface area (TPSA) is 80.3 Å². The number of nitrogens with one attached hydrogen (secondary N) is 1. The Morgan fingerprint density at radius 1 is 1.03 bits per heavy atom. The van der Waals surface area contributed by atoms with Gasteiger partial charge in [0.15, 0.2) is 11.5 Å². The van der Waals surface area contributed by atoms with Crippen molar-refractivity contribution in [2.75, 3.05) is 52.5 Å². The van der Waals surface area contributed by atoms with E-state index >= 15 is 0 Å². The number of esters is 1. The molecule has 2 aliphatic rings. The summed E-state index contributed by atoms with van der Waals surface area (Å²) in [5.74, 6) is 0.415. The van der Waals surface area contributed by atoms with Crippen molar-refractivity contribution in [3.63, 3.8) is 0 Å². The van der Waals surface area contributed by atoms with Gasteiger partial charge in [-0.3, -0.25) is 19.4 Å². The van der Waals surface area contributed by atoms with Gasteiger partial charge < -0.3 is 19.5 Å². The Morgan fingerprint density at radius 2 is 1.69 bits per heavy atom. The highest BCUT2D eigenvalue weighted by Crippen LogP contribution is 2.37. The molecule has 0 spiro atoms. The van der Waals surface area contributed by atoms with Crippen molar-refractivity contribution in [2.24, 2.45) is 5.41 Å². The van der Waals surface area contributed by atoms with Crippen LogP contribution in [-0.4, -0.2) is 79.9 Å². The van der Waals surface area contributed by atoms with Crippen molar-refractivity contribution in [1.29, 1.82) is 0 Å². The maximum absolute atomic E-state index is 13.1. The van der Waals surface area contributed by atoms with E-state index in [0.717, 1.165) is 13.1 Å². The quantitative estimate of drug-likeness (QED) is 0.587. The van der Waals surface area contributed by atoms with Crippen LogP contribution in [0.1, 0.15) is 31.1 Å². The van der Waals surface area contributed by atoms with Gasteiger partial charge in [0.1, 0.15) is 19.0 Å². The average molecular weight is 500 g/mol. The zero-order valence-electron chi connectivity index (χ0n) is 21.1. The van der Waals surface area contributed by atoms with Crippen molar-refractivity contribution in [3.05, 3.63) is 59.9 Å². The highest BCUT2D eigenvalue weighted by molar-refractivity contribution is 5.94. The number of halogens is 1. The number of piperazine rings is 1. The maximum Gasteiger partial charge on any atom is 0.311 e. The molecule has 1 saturated heterocycles. The second-order valence-corrected chi connectivity index (χ2v) is 10.2. The van der Waals surface area contributed by atoms with Gasteiger partial charge in [-0.25, -0.2) is 4.39 Å². The molecule has 0 aromatic heterocycles. The first-order chi connectivity index (χ1) is 17.2. The van der Waals surface area contributed by atoms with Crippen LogP contribution in [-0.2, 0) is 9.53 Å². The normalized spacial score (nSPS) is 20.6. The summed E-state index contributed by atoms with van der Waals surface area (Å²) < 4.78 is 31.3. The van der Waals surface area contributed by atoms with E-state index in [-0.39, 0.29) is 30.9 Å². The molecule has 2 heterocycles. The Kier molecular flexibility index (Phi) is 7.80. The molecule has 194 valence electrons. The number of para-hydroxylation sites is 2. The van der Waals surface area contributed by atoms with E-state index in [1.807, 2.05) is 45.0 Å². The van der Waals surface area contributed by atoms with Gasteiger partial charge in [0.25, 0.3) is 5.91 Å². The van der Waals surface area contributed by atoms with Crippen LogP contribution in [0.3, 0.4) is 0 Å². The minimum Gasteiger partial charge on any atom is -0.484 e. The predicted molar refractivity (Wildman–Crippen MR) is 132 cm³/mol. The fraction of sp³-hybridized carbons (Fsp3) is 0.481. The molecule has 36 heavy (non-hydrogen) atoms. The molecule has 9 heteroatoms. The minimum absolute atomic E-state index is 0.0607. The number of amides is 1. The number of benzene rings is 2. The van der Waals surface area contributed by atoms with Crippen molar-refractivity contribution in [3.8, 4) is 11.5 Å². The van der Waals surface area contributed by atoms with E-state index in [9.17, 15) is 14.0 Å². The third-order valence-electron chi connectivity index (χ3n) is 6.41. The Bertz CT molecular complexity index is 1060. The summed E-state index contributed by atoms with van der Waals surface area (Å²) in [6, 6.07) is 13.0. The lowest BCUT2D eigenvalue weighted by Crippen LogP contribution is -2.66. The lowest BCUT2D eigenvalue weighted by Gasteiger charge is -2.48. The first kappa shape index (κ1) is 25.9. The van der Waals surface area contributed by atoms with Crippen LogP contribution in [0.2, 0.25) is 0 Å². The van der Waals surface area contributed by atoms with Crippen LogP contribution >= 0.6 is 0 Å². The lowest BCUT2D eigenvalue weighted by atomic mass is 9.97. The monoisotopic (exact) mass is 499 g/mol. The van der Waals surface area contributed by atoms with Gasteiger partial charge in [0, 0.05) is 44.8 Å². The molecule has 1 atom stereocenters. The molecular weight excluding hydrogens is 465 g/mol. The summed E-state index contributed by atoms with van der Waals surface area (Å²) in [7, 11) is 0. The molecule has 1 fully saturated rings. The molecule has 1 N–H and O–H groups in total. The van der Waals surface area contributed by atoms with Crippen LogP contribution < -0.4 is 14.8 Å². The highest BCUT2D eigenvalue weighted by Gasteiger charge is 2.46. The fourth-order valence-corrected chi connectivity index (χ4v) is 4.20. The number of nitrogens with zero attached hydrogens (tertiary/aromatic N) is 2. The second-order valence-electron chi connectivity index (χ2n) is 10.2. The third kappa shape index (κ3) is 6.14. The van der Waals surface area contributed by atoms with Gasteiger partial charge in [0.2, 0.25) is 5.72 Å². The van der Waals surface area contributed by atoms with Crippen LogP contribution in [0.5, 0.6) is 11.5 Å². The van der Waals surface area contributed by atoms with Gasteiger partial charge in [-0.15, -0.1) is 0 Å². The molecule has 2 aromatic rings. The van der Waals surface area contributed by atoms with Gasteiger partial charge in [0.05, 0.1) is 5.41 Å². The molecule has 1 unspecified atom stereocenters. The lowest BCUT2D eigenvalue weighted by molar-refractivity contribution is -0.189. The summed E-state index contributed by atoms with van der Waals surface area (Å²) in [6.07, 6.45) is 0. The Hall–Kier alpha value is -3.17. The zero-order chi connectivity index (χ0) is 25.8. The summed E-state index contributed by atoms with van der Waals surface area (Å²) in [5, 5.41) is 2.89. The van der Waals surface area contributed by atoms with Crippen LogP contribution in [0.4, 0.5) is 4.39 Å². The van der Waals surface area contributed by atoms with E-state index in [2.05, 4.69) is 15.1 Å². The van der Waals surface area contributed by atoms with Crippen molar-refractivity contribution in [2.45, 2.75) is 26.5 Å². The Labute approximate surface area is 211 Å². The molecule has 8 nitrogen and oxygen atoms in total. The molecule has 2 aliphatic heterocycles. The van der Waals surface area contributed by atoms with Gasteiger partial charge in [-0.2, -0.15) is 0 Å². The Morgan fingerprint density at radius 3 is 2.36 bits per heavy atom. The average Bonchev–Trinajstić information content (AvgIpc) is 2.87. The largest absolute Gasteiger partial charge is 0.484 e. The van der Waals surface area contributed by atoms with Crippen molar-refractivity contribution >= 4 is 11.9 Å². The van der Waals surface area contributed by atoms with Gasteiger partial charge in [-0.1, -0.05) is 12.1 Å². The van der Waals surface area contributed by atoms with E-state index < -0.39 is 11.1 Å². The zero-order valence-corrected chi connectivity index (χ0v) is 21.1. The molecule has 0 radical (unpaired) electrons. The molecule has 0 aliphatic carbocycles. The molecule has 1 amide bonds. The third-order valence-corrected chi connectivity index (χ3v) is 6.41. The molecule has 2 aromatic carbocycles. The highest BCUT2D eigenvalue weighted by atomic mass is 19.1. The number of fused-ring (bicyclic) bond motifs is 1. The van der Waals surface area contributed by atoms with Crippen LogP contribution in [0.25, 0.3) is 0 Å². The summed E-state index contributed by atoms with van der Waals surface area (Å²) >= 11 is 0. The van der Waals surface area contributed by atoms with Gasteiger partial charge in [-0.05, 0) is 57.2 Å². The number of carbonyl (C=O) groups excluding carboxylic acids is 2. The predicted octanol–water partition coefficient (Wildman–Crippen LogP) is 2.93. The standard InChI is InChI=1S/C27H34FN3O5/c1-26(2,3)25(33)35-19-27(18-34-22-6-4-5-7-23(22)36-27)31-16-14-30(15-17-31)13-12-29-24(32)20-8-10-21(28)11-9-20/h4-11H,12-19H2,1-3H3,(H,29,32). The van der Waals surface area contributed by atoms with Crippen molar-refractivity contribution < 1.29 is 28.2 Å². The number of hydrogen-bond acceptors (Lipinski definition) is 7. The Balaban J connectivity index is 1.34. The first-order valence-electron chi connectivity index (χ1n) is 12.3. The summed E-state index contributed by atoms with van der Waals surface area (Å²) in [5.41, 5.74) is -1.10. The van der Waals surface area contributed by atoms with Crippen molar-refractivity contribution in [1.82, 2.24) is 15.1 Å². The number of rotatable bonds is 7. The number of hydrogen-bond donors (Lipinski definition) is 1. The number of carbonyl (C=O) groups is 2. The molecule has 0 bridgehead atoms. The van der Waals surface area contributed by atoms with Crippen LogP contribution in [0.15, 0.2) is 48.5 Å².